The summed E-state index contributed by atoms with van der Waals surface area (Å²) >= 11 is 5.85. The van der Waals surface area contributed by atoms with Gasteiger partial charge in [-0.2, -0.15) is 0 Å². The molecule has 110 valence electrons. The van der Waals surface area contributed by atoms with Gasteiger partial charge in [-0.25, -0.2) is 0 Å². The molecule has 1 N–H and O–H groups in total. The lowest BCUT2D eigenvalue weighted by atomic mass is 9.99. The Morgan fingerprint density at radius 3 is 2.81 bits per heavy atom. The minimum Gasteiger partial charge on any atom is -0.382 e. The Morgan fingerprint density at radius 1 is 1.57 bits per heavy atom. The van der Waals surface area contributed by atoms with Crippen LogP contribution in [0.4, 0.5) is 0 Å². The van der Waals surface area contributed by atoms with Crippen molar-refractivity contribution >= 4 is 23.2 Å². The van der Waals surface area contributed by atoms with Crippen molar-refractivity contribution in [3.63, 3.8) is 0 Å². The molecule has 1 aromatic carbocycles. The van der Waals surface area contributed by atoms with Crippen molar-refractivity contribution in [2.75, 3.05) is 0 Å². The van der Waals surface area contributed by atoms with E-state index in [1.54, 1.807) is 19.1 Å². The third-order valence-corrected chi connectivity index (χ3v) is 3.82. The summed E-state index contributed by atoms with van der Waals surface area (Å²) in [5, 5.41) is 7.46. The molecule has 0 unspecified atom stereocenters. The maximum absolute atomic E-state index is 12.2. The average molecular weight is 305 g/mol. The van der Waals surface area contributed by atoms with Crippen LogP contribution in [0.15, 0.2) is 29.4 Å². The number of terminal acetylenes is 1. The Bertz CT molecular complexity index is 604. The Kier molecular flexibility index (Phi) is 4.54. The molecule has 2 rings (SSSR count). The highest BCUT2D eigenvalue weighted by atomic mass is 35.5. The van der Waals surface area contributed by atoms with Crippen LogP contribution in [-0.2, 0) is 9.63 Å². The van der Waals surface area contributed by atoms with E-state index in [0.29, 0.717) is 17.9 Å². The van der Waals surface area contributed by atoms with E-state index in [1.807, 2.05) is 19.1 Å². The van der Waals surface area contributed by atoms with Gasteiger partial charge in [0.25, 0.3) is 5.91 Å². The van der Waals surface area contributed by atoms with Crippen LogP contribution in [-0.4, -0.2) is 23.3 Å². The first-order valence-electron chi connectivity index (χ1n) is 6.76. The molecular formula is C16H17ClN2O2. The molecule has 1 aliphatic rings. The molecule has 0 spiro atoms. The molecule has 0 aromatic heterocycles. The van der Waals surface area contributed by atoms with Gasteiger partial charge in [0.1, 0.15) is 0 Å². The van der Waals surface area contributed by atoms with E-state index in [1.165, 1.54) is 0 Å². The number of rotatable bonds is 4. The molecule has 1 aliphatic heterocycles. The van der Waals surface area contributed by atoms with Gasteiger partial charge in [-0.1, -0.05) is 41.7 Å². The quantitative estimate of drug-likeness (QED) is 0.870. The van der Waals surface area contributed by atoms with Gasteiger partial charge in [-0.3, -0.25) is 4.79 Å². The van der Waals surface area contributed by atoms with Gasteiger partial charge in [-0.05, 0) is 31.0 Å². The van der Waals surface area contributed by atoms with Crippen molar-refractivity contribution in [2.45, 2.75) is 38.3 Å². The third-order valence-electron chi connectivity index (χ3n) is 3.56. The molecule has 5 heteroatoms. The maximum atomic E-state index is 12.2. The van der Waals surface area contributed by atoms with Crippen LogP contribution in [0, 0.1) is 12.3 Å². The van der Waals surface area contributed by atoms with Gasteiger partial charge in [0.2, 0.25) is 6.10 Å². The van der Waals surface area contributed by atoms with Crippen LogP contribution in [0.25, 0.3) is 0 Å². The normalized spacial score (nSPS) is 19.9. The third kappa shape index (κ3) is 3.56. The predicted octanol–water partition coefficient (Wildman–Crippen LogP) is 2.75. The minimum absolute atomic E-state index is 0.245. The topological polar surface area (TPSA) is 50.7 Å². The van der Waals surface area contributed by atoms with Crippen molar-refractivity contribution in [2.24, 2.45) is 5.16 Å². The second-order valence-electron chi connectivity index (χ2n) is 5.16. The second-order valence-corrected chi connectivity index (χ2v) is 5.60. The van der Waals surface area contributed by atoms with Crippen LogP contribution in [0.1, 0.15) is 32.3 Å². The van der Waals surface area contributed by atoms with Crippen molar-refractivity contribution < 1.29 is 9.63 Å². The zero-order valence-electron chi connectivity index (χ0n) is 12.0. The fraction of sp³-hybridized carbons (Fsp3) is 0.375. The summed E-state index contributed by atoms with van der Waals surface area (Å²) in [6.07, 6.45) is 5.87. The summed E-state index contributed by atoms with van der Waals surface area (Å²) in [6.45, 7) is 3.73. The maximum Gasteiger partial charge on any atom is 0.265 e. The SMILES string of the molecule is C#C[C@@](C)(CC)NC(=O)[C@H]1CC(c2ccc(Cl)cc2)=NO1. The average Bonchev–Trinajstić information content (AvgIpc) is 2.98. The molecule has 1 amide bonds. The first kappa shape index (κ1) is 15.4. The highest BCUT2D eigenvalue weighted by Gasteiger charge is 2.32. The largest absolute Gasteiger partial charge is 0.382 e. The summed E-state index contributed by atoms with van der Waals surface area (Å²) in [7, 11) is 0. The summed E-state index contributed by atoms with van der Waals surface area (Å²) in [5.74, 6) is 2.35. The molecular weight excluding hydrogens is 288 g/mol. The van der Waals surface area contributed by atoms with Gasteiger partial charge < -0.3 is 10.2 Å². The van der Waals surface area contributed by atoms with Gasteiger partial charge in [0, 0.05) is 11.4 Å². The molecule has 0 bridgehead atoms. The molecule has 2 atom stereocenters. The summed E-state index contributed by atoms with van der Waals surface area (Å²) in [5.41, 5.74) is 0.958. The highest BCUT2D eigenvalue weighted by Crippen LogP contribution is 2.19. The Balaban J connectivity index is 2.00. The highest BCUT2D eigenvalue weighted by molar-refractivity contribution is 6.30. The number of halogens is 1. The fourth-order valence-corrected chi connectivity index (χ4v) is 2.04. The van der Waals surface area contributed by atoms with Crippen LogP contribution >= 0.6 is 11.6 Å². The number of hydrogen-bond acceptors (Lipinski definition) is 3. The van der Waals surface area contributed by atoms with Gasteiger partial charge in [0.05, 0.1) is 11.3 Å². The van der Waals surface area contributed by atoms with Crippen LogP contribution in [0.5, 0.6) is 0 Å². The van der Waals surface area contributed by atoms with E-state index in [9.17, 15) is 4.79 Å². The predicted molar refractivity (Wildman–Crippen MR) is 83.2 cm³/mol. The van der Waals surface area contributed by atoms with E-state index < -0.39 is 11.6 Å². The second kappa shape index (κ2) is 6.19. The summed E-state index contributed by atoms with van der Waals surface area (Å²) in [6, 6.07) is 7.25. The lowest BCUT2D eigenvalue weighted by Crippen LogP contribution is -2.48. The minimum atomic E-state index is -0.663. The van der Waals surface area contributed by atoms with Crippen LogP contribution in [0.2, 0.25) is 5.02 Å². The van der Waals surface area contributed by atoms with Gasteiger partial charge in [0.15, 0.2) is 0 Å². The summed E-state index contributed by atoms with van der Waals surface area (Å²) in [4.78, 5) is 17.4. The number of amides is 1. The zero-order valence-corrected chi connectivity index (χ0v) is 12.8. The van der Waals surface area contributed by atoms with Crippen LogP contribution < -0.4 is 5.32 Å². The Hall–Kier alpha value is -1.99. The molecule has 0 saturated carbocycles. The molecule has 1 aromatic rings. The van der Waals surface area contributed by atoms with E-state index in [-0.39, 0.29) is 5.91 Å². The zero-order chi connectivity index (χ0) is 15.5. The number of nitrogens with zero attached hydrogens (tertiary/aromatic N) is 1. The molecule has 0 saturated heterocycles. The lowest BCUT2D eigenvalue weighted by molar-refractivity contribution is -0.132. The van der Waals surface area contributed by atoms with Crippen LogP contribution in [0.3, 0.4) is 0 Å². The lowest BCUT2D eigenvalue weighted by Gasteiger charge is -2.24. The Morgan fingerprint density at radius 2 is 2.24 bits per heavy atom. The van der Waals surface area contributed by atoms with E-state index in [4.69, 9.17) is 22.9 Å². The fourth-order valence-electron chi connectivity index (χ4n) is 1.91. The summed E-state index contributed by atoms with van der Waals surface area (Å²) < 4.78 is 0. The van der Waals surface area contributed by atoms with E-state index >= 15 is 0 Å². The van der Waals surface area contributed by atoms with E-state index in [0.717, 1.165) is 11.3 Å². The van der Waals surface area contributed by atoms with E-state index in [2.05, 4.69) is 16.4 Å². The first-order chi connectivity index (χ1) is 9.97. The van der Waals surface area contributed by atoms with Gasteiger partial charge >= 0.3 is 0 Å². The molecule has 0 radical (unpaired) electrons. The Labute approximate surface area is 129 Å². The standard InChI is InChI=1S/C16H17ClN2O2/c1-4-16(3,5-2)18-15(20)14-10-13(19-21-14)11-6-8-12(17)9-7-11/h1,6-9,14H,5,10H2,2-3H3,(H,18,20)/t14-,16+/m1/s1. The smallest absolute Gasteiger partial charge is 0.265 e. The number of oxime groups is 1. The van der Waals surface area contributed by atoms with Gasteiger partial charge in [-0.15, -0.1) is 6.42 Å². The van der Waals surface area contributed by atoms with Crippen molar-refractivity contribution in [1.29, 1.82) is 0 Å². The number of nitrogens with one attached hydrogen (secondary N) is 1. The van der Waals surface area contributed by atoms with Crippen molar-refractivity contribution in [1.82, 2.24) is 5.32 Å². The monoisotopic (exact) mass is 304 g/mol. The first-order valence-corrected chi connectivity index (χ1v) is 7.13. The molecule has 1 heterocycles. The number of carbonyl (C=O) groups excluding carboxylic acids is 1. The van der Waals surface area contributed by atoms with Crippen molar-refractivity contribution in [3.8, 4) is 12.3 Å². The van der Waals surface area contributed by atoms with Crippen molar-refractivity contribution in [3.05, 3.63) is 34.9 Å². The molecule has 21 heavy (non-hydrogen) atoms. The molecule has 4 nitrogen and oxygen atoms in total. The number of hydrogen-bond donors (Lipinski definition) is 1. The number of benzene rings is 1. The molecule has 0 fully saturated rings. The number of carbonyl (C=O) groups is 1. The molecule has 0 aliphatic carbocycles.